The molecule has 1 N–H and O–H groups in total. The minimum atomic E-state index is -0.429. The van der Waals surface area contributed by atoms with Crippen LogP contribution < -0.4 is 10.2 Å². The Bertz CT molecular complexity index is 1040. The second kappa shape index (κ2) is 8.34. The van der Waals surface area contributed by atoms with E-state index in [9.17, 15) is 9.59 Å². The van der Waals surface area contributed by atoms with Gasteiger partial charge in [-0.2, -0.15) is 11.3 Å². The molecule has 6 nitrogen and oxygen atoms in total. The van der Waals surface area contributed by atoms with Crippen LogP contribution in [0.1, 0.15) is 38.6 Å². The van der Waals surface area contributed by atoms with E-state index in [4.69, 9.17) is 4.74 Å². The number of thiophene rings is 1. The van der Waals surface area contributed by atoms with E-state index in [1.807, 2.05) is 29.8 Å². The fraction of sp³-hybridized carbons (Fsp3) is 0.286. The number of aromatic nitrogens is 1. The van der Waals surface area contributed by atoms with Gasteiger partial charge < -0.3 is 15.0 Å². The SMILES string of the molecule is COC(=O)c1ccc(N2CCCC2)c(NC(=O)c2sc(-c3ccsc3)nc2C)c1. The van der Waals surface area contributed by atoms with E-state index >= 15 is 0 Å². The van der Waals surface area contributed by atoms with Gasteiger partial charge in [-0.3, -0.25) is 4.79 Å². The molecule has 1 aliphatic rings. The third kappa shape index (κ3) is 4.04. The van der Waals surface area contributed by atoms with Gasteiger partial charge in [0.2, 0.25) is 0 Å². The van der Waals surface area contributed by atoms with Crippen molar-refractivity contribution in [1.82, 2.24) is 4.98 Å². The van der Waals surface area contributed by atoms with Crippen molar-refractivity contribution in [1.29, 1.82) is 0 Å². The van der Waals surface area contributed by atoms with Crippen molar-refractivity contribution in [3.8, 4) is 10.6 Å². The molecule has 3 aromatic rings. The van der Waals surface area contributed by atoms with Crippen molar-refractivity contribution in [2.75, 3.05) is 30.4 Å². The monoisotopic (exact) mass is 427 g/mol. The summed E-state index contributed by atoms with van der Waals surface area (Å²) in [7, 11) is 1.35. The van der Waals surface area contributed by atoms with E-state index in [1.54, 1.807) is 23.5 Å². The number of nitrogens with one attached hydrogen (secondary N) is 1. The number of rotatable bonds is 5. The first-order valence-corrected chi connectivity index (χ1v) is 11.1. The van der Waals surface area contributed by atoms with Gasteiger partial charge in [0.1, 0.15) is 9.88 Å². The van der Waals surface area contributed by atoms with Crippen LogP contribution in [0.4, 0.5) is 11.4 Å². The van der Waals surface area contributed by atoms with E-state index in [0.717, 1.165) is 42.2 Å². The number of thiazole rings is 1. The fourth-order valence-electron chi connectivity index (χ4n) is 3.41. The smallest absolute Gasteiger partial charge is 0.337 e. The van der Waals surface area contributed by atoms with Gasteiger partial charge in [-0.15, -0.1) is 11.3 Å². The average Bonchev–Trinajstić information content (AvgIpc) is 3.48. The Morgan fingerprint density at radius 3 is 2.69 bits per heavy atom. The van der Waals surface area contributed by atoms with E-state index in [0.29, 0.717) is 21.8 Å². The van der Waals surface area contributed by atoms with E-state index in [-0.39, 0.29) is 5.91 Å². The number of ether oxygens (including phenoxy) is 1. The largest absolute Gasteiger partial charge is 0.465 e. The minimum absolute atomic E-state index is 0.219. The highest BCUT2D eigenvalue weighted by Gasteiger charge is 2.22. The van der Waals surface area contributed by atoms with Crippen LogP contribution in [0.15, 0.2) is 35.0 Å². The lowest BCUT2D eigenvalue weighted by Gasteiger charge is -2.22. The summed E-state index contributed by atoms with van der Waals surface area (Å²) in [5.74, 6) is -0.647. The van der Waals surface area contributed by atoms with E-state index < -0.39 is 5.97 Å². The van der Waals surface area contributed by atoms with Crippen LogP contribution in [-0.4, -0.2) is 37.1 Å². The molecule has 0 aliphatic carbocycles. The molecule has 0 saturated carbocycles. The van der Waals surface area contributed by atoms with Crippen LogP contribution in [0.3, 0.4) is 0 Å². The highest BCUT2D eigenvalue weighted by Crippen LogP contribution is 2.33. The summed E-state index contributed by atoms with van der Waals surface area (Å²) in [5, 5.41) is 7.85. The molecule has 2 aromatic heterocycles. The zero-order valence-corrected chi connectivity index (χ0v) is 17.9. The lowest BCUT2D eigenvalue weighted by atomic mass is 10.1. The molecule has 1 aromatic carbocycles. The lowest BCUT2D eigenvalue weighted by Crippen LogP contribution is -2.21. The van der Waals surface area contributed by atoms with Gasteiger partial charge in [-0.05, 0) is 49.4 Å². The molecule has 4 rings (SSSR count). The molecule has 0 spiro atoms. The summed E-state index contributed by atoms with van der Waals surface area (Å²) in [4.78, 5) is 32.4. The third-order valence-corrected chi connectivity index (χ3v) is 6.77. The number of aryl methyl sites for hydroxylation is 1. The quantitative estimate of drug-likeness (QED) is 0.591. The second-order valence-electron chi connectivity index (χ2n) is 6.82. The molecule has 0 radical (unpaired) electrons. The maximum Gasteiger partial charge on any atom is 0.337 e. The highest BCUT2D eigenvalue weighted by molar-refractivity contribution is 7.17. The second-order valence-corrected chi connectivity index (χ2v) is 8.60. The Labute approximate surface area is 177 Å². The molecule has 1 aliphatic heterocycles. The van der Waals surface area contributed by atoms with Crippen LogP contribution >= 0.6 is 22.7 Å². The number of methoxy groups -OCH3 is 1. The Balaban J connectivity index is 1.65. The van der Waals surface area contributed by atoms with Crippen molar-refractivity contribution in [3.05, 3.63) is 51.2 Å². The Hall–Kier alpha value is -2.71. The highest BCUT2D eigenvalue weighted by atomic mass is 32.1. The van der Waals surface area contributed by atoms with E-state index in [1.165, 1.54) is 18.4 Å². The molecule has 0 unspecified atom stereocenters. The summed E-state index contributed by atoms with van der Waals surface area (Å²) in [6.07, 6.45) is 2.23. The van der Waals surface area contributed by atoms with Crippen LogP contribution in [0.2, 0.25) is 0 Å². The first kappa shape index (κ1) is 19.6. The van der Waals surface area contributed by atoms with Gasteiger partial charge in [0.15, 0.2) is 0 Å². The number of nitrogens with zero attached hydrogens (tertiary/aromatic N) is 2. The van der Waals surface area contributed by atoms with Gasteiger partial charge in [-0.1, -0.05) is 0 Å². The molecule has 1 saturated heterocycles. The van der Waals surface area contributed by atoms with Crippen LogP contribution in [0, 0.1) is 6.92 Å². The van der Waals surface area contributed by atoms with Crippen LogP contribution in [-0.2, 0) is 4.74 Å². The van der Waals surface area contributed by atoms with Crippen molar-refractivity contribution < 1.29 is 14.3 Å². The van der Waals surface area contributed by atoms with Gasteiger partial charge in [0, 0.05) is 24.0 Å². The molecular weight excluding hydrogens is 406 g/mol. The third-order valence-electron chi connectivity index (χ3n) is 4.88. The molecule has 1 amide bonds. The lowest BCUT2D eigenvalue weighted by molar-refractivity contribution is 0.0600. The Morgan fingerprint density at radius 2 is 2.00 bits per heavy atom. The molecule has 29 heavy (non-hydrogen) atoms. The number of benzene rings is 1. The number of anilines is 2. The predicted octanol–water partition coefficient (Wildman–Crippen LogP) is 4.82. The summed E-state index contributed by atoms with van der Waals surface area (Å²) in [6, 6.07) is 7.30. The number of carbonyl (C=O) groups excluding carboxylic acids is 2. The topological polar surface area (TPSA) is 71.5 Å². The number of esters is 1. The molecule has 1 fully saturated rings. The molecule has 3 heterocycles. The standard InChI is InChI=1S/C21H21N3O3S2/c1-13-18(29-20(22-13)15-7-10-28-12-15)19(25)23-16-11-14(21(26)27-2)5-6-17(16)24-8-3-4-9-24/h5-7,10-12H,3-4,8-9H2,1-2H3,(H,23,25). The molecular formula is C21H21N3O3S2. The number of hydrogen-bond donors (Lipinski definition) is 1. The normalized spacial score (nSPS) is 13.5. The van der Waals surface area contributed by atoms with Crippen molar-refractivity contribution in [2.45, 2.75) is 19.8 Å². The fourth-order valence-corrected chi connectivity index (χ4v) is 5.08. The average molecular weight is 428 g/mol. The van der Waals surface area contributed by atoms with Gasteiger partial charge in [0.25, 0.3) is 5.91 Å². The number of carbonyl (C=O) groups is 2. The van der Waals surface area contributed by atoms with Crippen molar-refractivity contribution >= 4 is 45.9 Å². The van der Waals surface area contributed by atoms with Crippen molar-refractivity contribution in [2.24, 2.45) is 0 Å². The predicted molar refractivity (Wildman–Crippen MR) is 117 cm³/mol. The molecule has 150 valence electrons. The number of hydrogen-bond acceptors (Lipinski definition) is 7. The van der Waals surface area contributed by atoms with Gasteiger partial charge in [-0.25, -0.2) is 9.78 Å². The zero-order chi connectivity index (χ0) is 20.4. The first-order chi connectivity index (χ1) is 14.1. The first-order valence-electron chi connectivity index (χ1n) is 9.35. The molecule has 0 bridgehead atoms. The Morgan fingerprint density at radius 1 is 1.21 bits per heavy atom. The minimum Gasteiger partial charge on any atom is -0.465 e. The van der Waals surface area contributed by atoms with E-state index in [2.05, 4.69) is 15.2 Å². The summed E-state index contributed by atoms with van der Waals surface area (Å²) in [6.45, 7) is 3.71. The van der Waals surface area contributed by atoms with Gasteiger partial charge in [0.05, 0.1) is 29.7 Å². The summed E-state index contributed by atoms with van der Waals surface area (Å²) < 4.78 is 4.84. The number of amides is 1. The maximum absolute atomic E-state index is 13.1. The van der Waals surface area contributed by atoms with Crippen molar-refractivity contribution in [3.63, 3.8) is 0 Å². The van der Waals surface area contributed by atoms with Gasteiger partial charge >= 0.3 is 5.97 Å². The zero-order valence-electron chi connectivity index (χ0n) is 16.2. The van der Waals surface area contributed by atoms with Crippen LogP contribution in [0.25, 0.3) is 10.6 Å². The molecule has 8 heteroatoms. The summed E-state index contributed by atoms with van der Waals surface area (Å²) >= 11 is 2.98. The molecule has 0 atom stereocenters. The summed E-state index contributed by atoms with van der Waals surface area (Å²) in [5.41, 5.74) is 3.66. The Kier molecular flexibility index (Phi) is 5.64. The van der Waals surface area contributed by atoms with Crippen LogP contribution in [0.5, 0.6) is 0 Å². The maximum atomic E-state index is 13.1.